The second-order valence-electron chi connectivity index (χ2n) is 11.7. The molecule has 3 aromatic rings. The van der Waals surface area contributed by atoms with Crippen LogP contribution in [0, 0.1) is 10.1 Å². The maximum Gasteiger partial charge on any atom is 0.336 e. The average Bonchev–Trinajstić information content (AvgIpc) is 3.06. The first-order valence-electron chi connectivity index (χ1n) is 15.5. The number of hydrogen-bond donors (Lipinski definition) is 2. The van der Waals surface area contributed by atoms with Crippen LogP contribution < -0.4 is 5.32 Å². The summed E-state index contributed by atoms with van der Waals surface area (Å²) in [7, 11) is 0. The van der Waals surface area contributed by atoms with Crippen molar-refractivity contribution in [2.45, 2.75) is 38.0 Å². The lowest BCUT2D eigenvalue weighted by atomic mass is 9.68. The summed E-state index contributed by atoms with van der Waals surface area (Å²) < 4.78 is 11.4. The van der Waals surface area contributed by atoms with E-state index < -0.39 is 22.8 Å². The number of nitrogens with zero attached hydrogens (tertiary/aromatic N) is 2. The van der Waals surface area contributed by atoms with E-state index in [1.54, 1.807) is 19.9 Å². The zero-order chi connectivity index (χ0) is 32.7. The minimum atomic E-state index is -1.23. The largest absolute Gasteiger partial charge is 0.478 e. The lowest BCUT2D eigenvalue weighted by molar-refractivity contribution is -0.384. The van der Waals surface area contributed by atoms with Crippen molar-refractivity contribution >= 4 is 17.6 Å². The van der Waals surface area contributed by atoms with E-state index in [-0.39, 0.29) is 35.5 Å². The monoisotopic (exact) mass is 625 g/mol. The number of piperidine rings is 1. The van der Waals surface area contributed by atoms with Gasteiger partial charge in [0.1, 0.15) is 6.61 Å². The van der Waals surface area contributed by atoms with Gasteiger partial charge in [-0.25, -0.2) is 9.59 Å². The molecule has 46 heavy (non-hydrogen) atoms. The molecule has 2 N–H and O–H groups in total. The summed E-state index contributed by atoms with van der Waals surface area (Å²) >= 11 is 0. The molecule has 2 aliphatic heterocycles. The molecule has 3 aromatic carbocycles. The van der Waals surface area contributed by atoms with Crippen LogP contribution >= 0.6 is 0 Å². The minimum Gasteiger partial charge on any atom is -0.478 e. The van der Waals surface area contributed by atoms with Gasteiger partial charge in [-0.2, -0.15) is 0 Å². The number of carbonyl (C=O) groups excluding carboxylic acids is 1. The zero-order valence-electron chi connectivity index (χ0n) is 26.1. The van der Waals surface area contributed by atoms with Crippen molar-refractivity contribution in [3.63, 3.8) is 0 Å². The zero-order valence-corrected chi connectivity index (χ0v) is 26.1. The Labute approximate surface area is 268 Å². The first-order valence-corrected chi connectivity index (χ1v) is 15.5. The van der Waals surface area contributed by atoms with Crippen LogP contribution in [-0.4, -0.2) is 66.3 Å². The number of dihydropyridines is 1. The van der Waals surface area contributed by atoms with Crippen molar-refractivity contribution in [1.82, 2.24) is 10.2 Å². The molecule has 0 radical (unpaired) electrons. The molecule has 1 atom stereocenters. The molecule has 0 saturated carbocycles. The number of likely N-dealkylation sites (tertiary alicyclic amines) is 1. The molecule has 0 amide bonds. The van der Waals surface area contributed by atoms with Crippen molar-refractivity contribution in [2.75, 3.05) is 39.5 Å². The molecule has 5 rings (SSSR count). The molecule has 10 heteroatoms. The Kier molecular flexibility index (Phi) is 10.3. The first kappa shape index (κ1) is 32.6. The Morgan fingerprint density at radius 1 is 0.891 bits per heavy atom. The highest BCUT2D eigenvalue weighted by atomic mass is 16.6. The van der Waals surface area contributed by atoms with Crippen LogP contribution in [-0.2, 0) is 24.5 Å². The van der Waals surface area contributed by atoms with Gasteiger partial charge in [-0.15, -0.1) is 0 Å². The van der Waals surface area contributed by atoms with Crippen LogP contribution in [0.3, 0.4) is 0 Å². The van der Waals surface area contributed by atoms with Gasteiger partial charge in [0.05, 0.1) is 35.2 Å². The van der Waals surface area contributed by atoms with Gasteiger partial charge in [0, 0.05) is 35.5 Å². The van der Waals surface area contributed by atoms with Gasteiger partial charge in [-0.1, -0.05) is 72.8 Å². The molecule has 10 nitrogen and oxygen atoms in total. The Bertz CT molecular complexity index is 1590. The molecule has 240 valence electrons. The first-order chi connectivity index (χ1) is 22.2. The van der Waals surface area contributed by atoms with E-state index in [0.29, 0.717) is 23.6 Å². The summed E-state index contributed by atoms with van der Waals surface area (Å²) in [5.74, 6) is -2.97. The maximum atomic E-state index is 13.3. The topological polar surface area (TPSA) is 131 Å². The highest BCUT2D eigenvalue weighted by molar-refractivity contribution is 5.99. The third-order valence-corrected chi connectivity index (χ3v) is 9.00. The van der Waals surface area contributed by atoms with Gasteiger partial charge >= 0.3 is 11.9 Å². The smallest absolute Gasteiger partial charge is 0.336 e. The van der Waals surface area contributed by atoms with E-state index in [2.05, 4.69) is 70.9 Å². The number of nitrogens with one attached hydrogen (secondary N) is 1. The number of rotatable bonds is 12. The van der Waals surface area contributed by atoms with Crippen LogP contribution in [0.25, 0.3) is 0 Å². The third-order valence-electron chi connectivity index (χ3n) is 9.00. The predicted octanol–water partition coefficient (Wildman–Crippen LogP) is 5.56. The third kappa shape index (κ3) is 7.03. The number of allylic oxidation sites excluding steroid dienone is 2. The number of carbonyl (C=O) groups is 2. The molecule has 1 saturated heterocycles. The number of hydrogen-bond acceptors (Lipinski definition) is 8. The van der Waals surface area contributed by atoms with Gasteiger partial charge in [0.25, 0.3) is 5.69 Å². The minimum absolute atomic E-state index is 0.0203. The molecular formula is C36H39N3O7. The van der Waals surface area contributed by atoms with E-state index >= 15 is 0 Å². The molecule has 0 aliphatic carbocycles. The summed E-state index contributed by atoms with van der Waals surface area (Å²) in [5, 5.41) is 24.4. The van der Waals surface area contributed by atoms with E-state index in [4.69, 9.17) is 9.47 Å². The Morgan fingerprint density at radius 2 is 1.50 bits per heavy atom. The van der Waals surface area contributed by atoms with Crippen molar-refractivity contribution in [3.8, 4) is 0 Å². The Balaban J connectivity index is 1.15. The summed E-state index contributed by atoms with van der Waals surface area (Å²) in [6, 6.07) is 27.1. The molecule has 1 unspecified atom stereocenters. The lowest BCUT2D eigenvalue weighted by Gasteiger charge is -2.43. The quantitative estimate of drug-likeness (QED) is 0.115. The molecular weight excluding hydrogens is 586 g/mol. The number of nitro benzene ring substituents is 1. The highest BCUT2D eigenvalue weighted by Crippen LogP contribution is 2.42. The van der Waals surface area contributed by atoms with E-state index in [0.717, 1.165) is 32.5 Å². The number of ether oxygens (including phenoxy) is 2. The number of non-ortho nitro benzene ring substituents is 1. The predicted molar refractivity (Wildman–Crippen MR) is 173 cm³/mol. The molecule has 1 fully saturated rings. The van der Waals surface area contributed by atoms with Crippen molar-refractivity contribution in [1.29, 1.82) is 0 Å². The number of aliphatic carboxylic acids is 1. The van der Waals surface area contributed by atoms with Gasteiger partial charge in [0.2, 0.25) is 0 Å². The Hall–Kier alpha value is -4.80. The summed E-state index contributed by atoms with van der Waals surface area (Å²) in [4.78, 5) is 38.8. The number of esters is 1. The second-order valence-corrected chi connectivity index (χ2v) is 11.7. The second kappa shape index (κ2) is 14.5. The van der Waals surface area contributed by atoms with Crippen molar-refractivity contribution < 1.29 is 29.1 Å². The van der Waals surface area contributed by atoms with Crippen molar-refractivity contribution in [3.05, 3.63) is 134 Å². The fourth-order valence-electron chi connectivity index (χ4n) is 6.68. The maximum absolute atomic E-state index is 13.3. The number of nitro groups is 1. The van der Waals surface area contributed by atoms with Crippen LogP contribution in [0.2, 0.25) is 0 Å². The van der Waals surface area contributed by atoms with Crippen LogP contribution in [0.5, 0.6) is 0 Å². The standard InChI is InChI=1S/C36H39N3O7/c1-25-31(34(40)41)33(27-10-9-15-30(24-27)39(43)44)32(26(2)37-25)35(42)46-23-22-45-21-20-38-18-16-36(17-19-38,28-11-5-3-6-12-28)29-13-7-4-8-14-29/h3-15,24,33,37H,16-23H2,1-2H3,(H,40,41). The van der Waals surface area contributed by atoms with E-state index in [1.807, 2.05) is 0 Å². The molecule has 2 aliphatic rings. The van der Waals surface area contributed by atoms with Crippen LogP contribution in [0.15, 0.2) is 107 Å². The molecule has 0 bridgehead atoms. The van der Waals surface area contributed by atoms with E-state index in [9.17, 15) is 24.8 Å². The van der Waals surface area contributed by atoms with Crippen LogP contribution in [0.4, 0.5) is 5.69 Å². The molecule has 0 aromatic heterocycles. The highest BCUT2D eigenvalue weighted by Gasteiger charge is 2.39. The summed E-state index contributed by atoms with van der Waals surface area (Å²) in [6.45, 7) is 6.50. The lowest BCUT2D eigenvalue weighted by Crippen LogP contribution is -2.44. The fraction of sp³-hybridized carbons (Fsp3) is 0.333. The van der Waals surface area contributed by atoms with Gasteiger partial charge < -0.3 is 24.8 Å². The SMILES string of the molecule is CC1=C(C(=O)O)C(c2cccc([N+](=O)[O-])c2)C(C(=O)OCCOCCN2CCC(c3ccccc3)(c3ccccc3)CC2)=C(C)N1. The summed E-state index contributed by atoms with van der Waals surface area (Å²) in [5.41, 5.74) is 3.58. The fourth-order valence-corrected chi connectivity index (χ4v) is 6.68. The average molecular weight is 626 g/mol. The number of carboxylic acid groups (broad SMARTS) is 1. The Morgan fingerprint density at radius 3 is 2.09 bits per heavy atom. The van der Waals surface area contributed by atoms with Crippen LogP contribution in [0.1, 0.15) is 49.3 Å². The van der Waals surface area contributed by atoms with Gasteiger partial charge in [-0.05, 0) is 56.5 Å². The van der Waals surface area contributed by atoms with Gasteiger partial charge in [0.15, 0.2) is 0 Å². The summed E-state index contributed by atoms with van der Waals surface area (Å²) in [6.07, 6.45) is 2.00. The number of carboxylic acids is 1. The normalized spacial score (nSPS) is 18.2. The molecule has 2 heterocycles. The van der Waals surface area contributed by atoms with Crippen molar-refractivity contribution in [2.24, 2.45) is 0 Å². The van der Waals surface area contributed by atoms with Gasteiger partial charge in [-0.3, -0.25) is 10.1 Å². The molecule has 0 spiro atoms. The number of benzene rings is 3. The van der Waals surface area contributed by atoms with E-state index in [1.165, 1.54) is 29.3 Å².